The minimum atomic E-state index is -0.648. The van der Waals surface area contributed by atoms with E-state index in [0.29, 0.717) is 6.42 Å². The third-order valence-electron chi connectivity index (χ3n) is 3.47. The molecular formula is C16H24N2O2. The zero-order chi connectivity index (χ0) is 15.0. The molecule has 20 heavy (non-hydrogen) atoms. The van der Waals surface area contributed by atoms with Crippen molar-refractivity contribution in [3.8, 4) is 0 Å². The number of hydrogen-bond acceptors (Lipinski definition) is 2. The van der Waals surface area contributed by atoms with Crippen molar-refractivity contribution in [2.24, 2.45) is 11.7 Å². The Morgan fingerprint density at radius 2 is 1.85 bits per heavy atom. The van der Waals surface area contributed by atoms with Crippen LogP contribution in [0.3, 0.4) is 0 Å². The number of carbonyl (C=O) groups excluding carboxylic acids is 2. The summed E-state index contributed by atoms with van der Waals surface area (Å²) < 4.78 is 0. The van der Waals surface area contributed by atoms with E-state index in [-0.39, 0.29) is 11.7 Å². The van der Waals surface area contributed by atoms with E-state index >= 15 is 0 Å². The molecule has 0 aliphatic heterocycles. The van der Waals surface area contributed by atoms with Crippen LogP contribution >= 0.6 is 0 Å². The Labute approximate surface area is 120 Å². The van der Waals surface area contributed by atoms with Crippen molar-refractivity contribution in [1.82, 2.24) is 5.32 Å². The van der Waals surface area contributed by atoms with Crippen LogP contribution in [0.5, 0.6) is 0 Å². The lowest BCUT2D eigenvalue weighted by atomic mass is 9.89. The number of Topliss-reactive ketones (excluding diaryl/α,β-unsaturated/α-hetero) is 1. The van der Waals surface area contributed by atoms with Gasteiger partial charge in [-0.15, -0.1) is 0 Å². The van der Waals surface area contributed by atoms with Gasteiger partial charge in [-0.2, -0.15) is 0 Å². The van der Waals surface area contributed by atoms with E-state index in [2.05, 4.69) is 12.2 Å². The second-order valence-electron chi connectivity index (χ2n) is 5.05. The topological polar surface area (TPSA) is 72.2 Å². The van der Waals surface area contributed by atoms with Crippen LogP contribution in [0.4, 0.5) is 4.79 Å². The maximum absolute atomic E-state index is 12.5. The average Bonchev–Trinajstić information content (AvgIpc) is 2.44. The van der Waals surface area contributed by atoms with Crippen LogP contribution in [-0.2, 0) is 11.2 Å². The van der Waals surface area contributed by atoms with Crippen molar-refractivity contribution in [2.45, 2.75) is 45.6 Å². The Morgan fingerprint density at radius 1 is 1.20 bits per heavy atom. The number of primary amides is 1. The van der Waals surface area contributed by atoms with Crippen LogP contribution < -0.4 is 11.1 Å². The summed E-state index contributed by atoms with van der Waals surface area (Å²) in [5.74, 6) is 0.0672. The molecule has 4 heteroatoms. The molecule has 2 atom stereocenters. The number of carbonyl (C=O) groups is 2. The highest BCUT2D eigenvalue weighted by molar-refractivity contribution is 5.90. The summed E-state index contributed by atoms with van der Waals surface area (Å²) in [6.07, 6.45) is 3.08. The highest BCUT2D eigenvalue weighted by atomic mass is 16.2. The number of ketones is 1. The van der Waals surface area contributed by atoms with Crippen molar-refractivity contribution < 1.29 is 9.59 Å². The van der Waals surface area contributed by atoms with Crippen LogP contribution in [0, 0.1) is 5.92 Å². The summed E-state index contributed by atoms with van der Waals surface area (Å²) in [6, 6.07) is 8.48. The molecule has 0 aromatic heterocycles. The number of amides is 2. The van der Waals surface area contributed by atoms with Gasteiger partial charge in [-0.25, -0.2) is 4.79 Å². The Kier molecular flexibility index (Phi) is 6.77. The Balaban J connectivity index is 2.82. The van der Waals surface area contributed by atoms with Crippen molar-refractivity contribution in [3.05, 3.63) is 35.9 Å². The lowest BCUT2D eigenvalue weighted by Gasteiger charge is -2.22. The predicted molar refractivity (Wildman–Crippen MR) is 80.3 cm³/mol. The van der Waals surface area contributed by atoms with Gasteiger partial charge in [0.25, 0.3) is 0 Å². The van der Waals surface area contributed by atoms with Gasteiger partial charge in [0.15, 0.2) is 5.78 Å². The standard InChI is InChI=1S/C16H24N2O2/c1-3-8-13(4-2)15(19)14(18-16(17)20)11-12-9-6-5-7-10-12/h5-7,9-10,13-14H,3-4,8,11H2,1-2H3,(H3,17,18,20). The molecule has 1 aromatic rings. The normalized spacial score (nSPS) is 13.5. The van der Waals surface area contributed by atoms with Gasteiger partial charge >= 0.3 is 6.03 Å². The van der Waals surface area contributed by atoms with Crippen LogP contribution in [0.15, 0.2) is 30.3 Å². The smallest absolute Gasteiger partial charge is 0.312 e. The van der Waals surface area contributed by atoms with E-state index in [1.54, 1.807) is 0 Å². The molecule has 0 saturated heterocycles. The SMILES string of the molecule is CCCC(CC)C(=O)C(Cc1ccccc1)NC(N)=O. The first kappa shape index (κ1) is 16.2. The molecule has 0 saturated carbocycles. The number of urea groups is 1. The molecule has 0 fully saturated rings. The first-order valence-corrected chi connectivity index (χ1v) is 7.22. The fourth-order valence-electron chi connectivity index (χ4n) is 2.42. The van der Waals surface area contributed by atoms with E-state index in [0.717, 1.165) is 24.8 Å². The first-order valence-electron chi connectivity index (χ1n) is 7.22. The molecule has 0 radical (unpaired) electrons. The van der Waals surface area contributed by atoms with Crippen LogP contribution in [0.25, 0.3) is 0 Å². The highest BCUT2D eigenvalue weighted by Gasteiger charge is 2.26. The summed E-state index contributed by atoms with van der Waals surface area (Å²) in [4.78, 5) is 23.7. The Bertz CT molecular complexity index is 431. The van der Waals surface area contributed by atoms with E-state index in [9.17, 15) is 9.59 Å². The van der Waals surface area contributed by atoms with Gasteiger partial charge in [0.05, 0.1) is 6.04 Å². The quantitative estimate of drug-likeness (QED) is 0.766. The number of benzene rings is 1. The lowest BCUT2D eigenvalue weighted by Crippen LogP contribution is -2.47. The van der Waals surface area contributed by atoms with Crippen LogP contribution in [0.1, 0.15) is 38.7 Å². The summed E-state index contributed by atoms with van der Waals surface area (Å²) in [5.41, 5.74) is 6.22. The monoisotopic (exact) mass is 276 g/mol. The van der Waals surface area contributed by atoms with E-state index in [4.69, 9.17) is 5.73 Å². The van der Waals surface area contributed by atoms with Gasteiger partial charge in [0.2, 0.25) is 0 Å². The van der Waals surface area contributed by atoms with Gasteiger partial charge < -0.3 is 11.1 Å². The zero-order valence-electron chi connectivity index (χ0n) is 12.3. The van der Waals surface area contributed by atoms with Gasteiger partial charge in [-0.3, -0.25) is 4.79 Å². The predicted octanol–water partition coefficient (Wildman–Crippen LogP) is 2.66. The second kappa shape index (κ2) is 8.35. The minimum absolute atomic E-state index is 0.0134. The zero-order valence-corrected chi connectivity index (χ0v) is 12.3. The van der Waals surface area contributed by atoms with Crippen LogP contribution in [0.2, 0.25) is 0 Å². The number of nitrogens with two attached hydrogens (primary N) is 1. The van der Waals surface area contributed by atoms with Crippen molar-refractivity contribution in [1.29, 1.82) is 0 Å². The molecule has 3 N–H and O–H groups in total. The molecule has 110 valence electrons. The largest absolute Gasteiger partial charge is 0.352 e. The molecule has 4 nitrogen and oxygen atoms in total. The molecular weight excluding hydrogens is 252 g/mol. The molecule has 1 aromatic carbocycles. The minimum Gasteiger partial charge on any atom is -0.352 e. The van der Waals surface area contributed by atoms with Gasteiger partial charge in [0, 0.05) is 5.92 Å². The van der Waals surface area contributed by atoms with Crippen molar-refractivity contribution in [3.63, 3.8) is 0 Å². The summed E-state index contributed by atoms with van der Waals surface area (Å²) in [5, 5.41) is 2.59. The van der Waals surface area contributed by atoms with E-state index in [1.807, 2.05) is 37.3 Å². The van der Waals surface area contributed by atoms with Crippen molar-refractivity contribution >= 4 is 11.8 Å². The fraction of sp³-hybridized carbons (Fsp3) is 0.500. The Hall–Kier alpha value is -1.84. The van der Waals surface area contributed by atoms with Crippen LogP contribution in [-0.4, -0.2) is 17.9 Å². The molecule has 0 heterocycles. The summed E-state index contributed by atoms with van der Waals surface area (Å²) in [7, 11) is 0. The van der Waals surface area contributed by atoms with Crippen molar-refractivity contribution in [2.75, 3.05) is 0 Å². The maximum atomic E-state index is 12.5. The molecule has 0 aliphatic carbocycles. The maximum Gasteiger partial charge on any atom is 0.312 e. The number of hydrogen-bond donors (Lipinski definition) is 2. The molecule has 0 aliphatic rings. The molecule has 0 bridgehead atoms. The first-order chi connectivity index (χ1) is 9.58. The number of rotatable bonds is 8. The summed E-state index contributed by atoms with van der Waals surface area (Å²) in [6.45, 7) is 4.06. The van der Waals surface area contributed by atoms with Gasteiger partial charge in [-0.05, 0) is 24.8 Å². The molecule has 2 amide bonds. The van der Waals surface area contributed by atoms with E-state index in [1.165, 1.54) is 0 Å². The third-order valence-corrected chi connectivity index (χ3v) is 3.47. The molecule has 1 rings (SSSR count). The third kappa shape index (κ3) is 5.03. The van der Waals surface area contributed by atoms with Gasteiger partial charge in [0.1, 0.15) is 0 Å². The van der Waals surface area contributed by atoms with Gasteiger partial charge in [-0.1, -0.05) is 50.6 Å². The molecule has 0 spiro atoms. The highest BCUT2D eigenvalue weighted by Crippen LogP contribution is 2.16. The van der Waals surface area contributed by atoms with E-state index < -0.39 is 12.1 Å². The fourth-order valence-corrected chi connectivity index (χ4v) is 2.42. The molecule has 2 unspecified atom stereocenters. The average molecular weight is 276 g/mol. The summed E-state index contributed by atoms with van der Waals surface area (Å²) >= 11 is 0. The second-order valence-corrected chi connectivity index (χ2v) is 5.05. The number of nitrogens with one attached hydrogen (secondary N) is 1. The lowest BCUT2D eigenvalue weighted by molar-refractivity contribution is -0.125. The Morgan fingerprint density at radius 3 is 2.35 bits per heavy atom.